The Bertz CT molecular complexity index is 889. The van der Waals surface area contributed by atoms with Crippen LogP contribution in [0.15, 0.2) is 16.1 Å². The summed E-state index contributed by atoms with van der Waals surface area (Å²) >= 11 is 8.09. The van der Waals surface area contributed by atoms with E-state index in [1.165, 1.54) is 11.3 Å². The largest absolute Gasteiger partial charge is 0.390 e. The number of ether oxygens (including phenoxy) is 1. The Morgan fingerprint density at radius 3 is 2.76 bits per heavy atom. The van der Waals surface area contributed by atoms with Gasteiger partial charge in [0, 0.05) is 24.7 Å². The SMILES string of the molecule is C[C@@H]1CN(c2c(CO)nc3c(-c4nccs4)noc3c2Cl)C[C@H](C)O1. The zero-order valence-corrected chi connectivity index (χ0v) is 15.3. The summed E-state index contributed by atoms with van der Waals surface area (Å²) in [6, 6.07) is 0. The van der Waals surface area contributed by atoms with Crippen LogP contribution in [0.3, 0.4) is 0 Å². The molecule has 1 aliphatic heterocycles. The molecule has 132 valence electrons. The molecule has 1 N–H and O–H groups in total. The zero-order chi connectivity index (χ0) is 17.6. The van der Waals surface area contributed by atoms with Gasteiger partial charge in [0.25, 0.3) is 0 Å². The molecule has 4 rings (SSSR count). The minimum Gasteiger partial charge on any atom is -0.390 e. The number of pyridine rings is 1. The smallest absolute Gasteiger partial charge is 0.206 e. The van der Waals surface area contributed by atoms with Gasteiger partial charge in [-0.15, -0.1) is 11.3 Å². The standard InChI is InChI=1S/C16H17ClN4O3S/c1-8-5-21(6-9(2)23-8)14-10(7-22)19-12-13(16-18-3-4-25-16)20-24-15(12)11(14)17/h3-4,8-9,22H,5-7H2,1-2H3/t8-,9+. The summed E-state index contributed by atoms with van der Waals surface area (Å²) in [6.45, 7) is 5.12. The van der Waals surface area contributed by atoms with Crippen molar-refractivity contribution < 1.29 is 14.4 Å². The van der Waals surface area contributed by atoms with Gasteiger partial charge in [0.1, 0.15) is 15.5 Å². The van der Waals surface area contributed by atoms with Gasteiger partial charge in [-0.3, -0.25) is 0 Å². The second-order valence-electron chi connectivity index (χ2n) is 6.09. The first kappa shape index (κ1) is 16.7. The van der Waals surface area contributed by atoms with Gasteiger partial charge in [-0.1, -0.05) is 16.8 Å². The van der Waals surface area contributed by atoms with Gasteiger partial charge in [-0.2, -0.15) is 0 Å². The molecule has 0 amide bonds. The molecule has 7 nitrogen and oxygen atoms in total. The van der Waals surface area contributed by atoms with E-state index in [-0.39, 0.29) is 18.8 Å². The van der Waals surface area contributed by atoms with Crippen molar-refractivity contribution in [1.29, 1.82) is 0 Å². The highest BCUT2D eigenvalue weighted by molar-refractivity contribution is 7.13. The fraction of sp³-hybridized carbons (Fsp3) is 0.438. The maximum atomic E-state index is 9.88. The maximum Gasteiger partial charge on any atom is 0.206 e. The molecule has 9 heteroatoms. The lowest BCUT2D eigenvalue weighted by Gasteiger charge is -2.37. The molecule has 0 radical (unpaired) electrons. The van der Waals surface area contributed by atoms with Crippen LogP contribution in [-0.2, 0) is 11.3 Å². The predicted octanol–water partition coefficient (Wildman–Crippen LogP) is 3.11. The third-order valence-electron chi connectivity index (χ3n) is 4.12. The third kappa shape index (κ3) is 2.89. The minimum absolute atomic E-state index is 0.0580. The molecule has 0 saturated carbocycles. The number of morpholine rings is 1. The zero-order valence-electron chi connectivity index (χ0n) is 13.8. The molecule has 0 unspecified atom stereocenters. The van der Waals surface area contributed by atoms with Crippen molar-refractivity contribution in [2.45, 2.75) is 32.7 Å². The van der Waals surface area contributed by atoms with Gasteiger partial charge < -0.3 is 19.3 Å². The van der Waals surface area contributed by atoms with Crippen molar-refractivity contribution in [1.82, 2.24) is 15.1 Å². The third-order valence-corrected chi connectivity index (χ3v) is 5.25. The number of aromatic nitrogens is 3. The Hall–Kier alpha value is -1.74. The lowest BCUT2D eigenvalue weighted by atomic mass is 10.1. The number of fused-ring (bicyclic) bond motifs is 1. The molecule has 3 aromatic rings. The number of hydrogen-bond acceptors (Lipinski definition) is 8. The summed E-state index contributed by atoms with van der Waals surface area (Å²) < 4.78 is 11.3. The molecule has 3 aromatic heterocycles. The monoisotopic (exact) mass is 380 g/mol. The molecule has 25 heavy (non-hydrogen) atoms. The summed E-state index contributed by atoms with van der Waals surface area (Å²) in [7, 11) is 0. The topological polar surface area (TPSA) is 84.5 Å². The van der Waals surface area contributed by atoms with Crippen LogP contribution in [0.4, 0.5) is 5.69 Å². The number of rotatable bonds is 3. The van der Waals surface area contributed by atoms with Crippen LogP contribution in [0, 0.1) is 0 Å². The molecule has 2 atom stereocenters. The van der Waals surface area contributed by atoms with E-state index < -0.39 is 0 Å². The second kappa shape index (κ2) is 6.53. The summed E-state index contributed by atoms with van der Waals surface area (Å²) in [5.74, 6) is 0. The molecule has 4 heterocycles. The molecule has 1 saturated heterocycles. The van der Waals surface area contributed by atoms with Crippen molar-refractivity contribution >= 4 is 39.7 Å². The molecular weight excluding hydrogens is 364 g/mol. The average molecular weight is 381 g/mol. The number of anilines is 1. The Kier molecular flexibility index (Phi) is 4.36. The number of aliphatic hydroxyl groups excluding tert-OH is 1. The van der Waals surface area contributed by atoms with Crippen LogP contribution >= 0.6 is 22.9 Å². The van der Waals surface area contributed by atoms with Crippen LogP contribution < -0.4 is 4.90 Å². The van der Waals surface area contributed by atoms with Crippen LogP contribution in [0.2, 0.25) is 5.02 Å². The van der Waals surface area contributed by atoms with Gasteiger partial charge in [0.15, 0.2) is 5.69 Å². The summed E-state index contributed by atoms with van der Waals surface area (Å²) in [4.78, 5) is 10.9. The Labute approximate surface area is 153 Å². The van der Waals surface area contributed by atoms with E-state index in [1.807, 2.05) is 19.2 Å². The van der Waals surface area contributed by atoms with E-state index in [0.29, 0.717) is 51.3 Å². The normalized spacial score (nSPS) is 21.2. The van der Waals surface area contributed by atoms with Crippen LogP contribution in [0.1, 0.15) is 19.5 Å². The number of thiazole rings is 1. The second-order valence-corrected chi connectivity index (χ2v) is 7.36. The van der Waals surface area contributed by atoms with Crippen molar-refractivity contribution in [3.8, 4) is 10.7 Å². The van der Waals surface area contributed by atoms with Crippen molar-refractivity contribution in [2.24, 2.45) is 0 Å². The van der Waals surface area contributed by atoms with Crippen LogP contribution in [-0.4, -0.2) is 45.5 Å². The fourth-order valence-electron chi connectivity index (χ4n) is 3.23. The van der Waals surface area contributed by atoms with E-state index in [4.69, 9.17) is 20.9 Å². The molecule has 0 bridgehead atoms. The number of hydrogen-bond donors (Lipinski definition) is 1. The Balaban J connectivity index is 1.87. The van der Waals surface area contributed by atoms with Crippen LogP contribution in [0.5, 0.6) is 0 Å². The minimum atomic E-state index is -0.229. The average Bonchev–Trinajstić information content (AvgIpc) is 3.22. The first-order valence-electron chi connectivity index (χ1n) is 7.97. The van der Waals surface area contributed by atoms with Gasteiger partial charge in [-0.05, 0) is 13.8 Å². The fourth-order valence-corrected chi connectivity index (χ4v) is 4.20. The molecule has 0 spiro atoms. The van der Waals surface area contributed by atoms with Gasteiger partial charge in [0.05, 0.1) is 30.2 Å². The van der Waals surface area contributed by atoms with Crippen LogP contribution in [0.25, 0.3) is 21.8 Å². The van der Waals surface area contributed by atoms with Gasteiger partial charge in [-0.25, -0.2) is 9.97 Å². The van der Waals surface area contributed by atoms with E-state index >= 15 is 0 Å². The molecule has 1 aliphatic rings. The summed E-state index contributed by atoms with van der Waals surface area (Å²) in [5.41, 5.74) is 2.64. The first-order valence-corrected chi connectivity index (χ1v) is 9.23. The quantitative estimate of drug-likeness (QED) is 0.747. The molecule has 0 aromatic carbocycles. The highest BCUT2D eigenvalue weighted by atomic mass is 35.5. The lowest BCUT2D eigenvalue weighted by molar-refractivity contribution is -0.00533. The molecule has 0 aliphatic carbocycles. The summed E-state index contributed by atoms with van der Waals surface area (Å²) in [6.07, 6.45) is 1.81. The predicted molar refractivity (Wildman–Crippen MR) is 96.1 cm³/mol. The van der Waals surface area contributed by atoms with E-state index in [1.54, 1.807) is 6.20 Å². The van der Waals surface area contributed by atoms with E-state index in [2.05, 4.69) is 20.0 Å². The molecule has 1 fully saturated rings. The highest BCUT2D eigenvalue weighted by Gasteiger charge is 2.29. The summed E-state index contributed by atoms with van der Waals surface area (Å²) in [5, 5.41) is 16.9. The number of nitrogens with zero attached hydrogens (tertiary/aromatic N) is 4. The Morgan fingerprint density at radius 2 is 2.12 bits per heavy atom. The van der Waals surface area contributed by atoms with Gasteiger partial charge >= 0.3 is 0 Å². The number of aliphatic hydroxyl groups is 1. The van der Waals surface area contributed by atoms with Crippen molar-refractivity contribution in [3.63, 3.8) is 0 Å². The van der Waals surface area contributed by atoms with Crippen molar-refractivity contribution in [2.75, 3.05) is 18.0 Å². The van der Waals surface area contributed by atoms with E-state index in [0.717, 1.165) is 0 Å². The maximum absolute atomic E-state index is 9.88. The van der Waals surface area contributed by atoms with Gasteiger partial charge in [0.2, 0.25) is 5.58 Å². The lowest BCUT2D eigenvalue weighted by Crippen LogP contribution is -2.46. The highest BCUT2D eigenvalue weighted by Crippen LogP contribution is 2.40. The van der Waals surface area contributed by atoms with Crippen molar-refractivity contribution in [3.05, 3.63) is 22.3 Å². The number of halogens is 1. The Morgan fingerprint density at radius 1 is 1.36 bits per heavy atom. The van der Waals surface area contributed by atoms with E-state index in [9.17, 15) is 5.11 Å². The first-order chi connectivity index (χ1) is 12.1. The molecular formula is C16H17ClN4O3S.